The van der Waals surface area contributed by atoms with Gasteiger partial charge >= 0.3 is 5.69 Å². The Morgan fingerprint density at radius 3 is 2.77 bits per heavy atom. The van der Waals surface area contributed by atoms with Crippen LogP contribution in [-0.4, -0.2) is 55.6 Å². The maximum absolute atomic E-state index is 14.1. The van der Waals surface area contributed by atoms with E-state index in [-0.39, 0.29) is 11.5 Å². The van der Waals surface area contributed by atoms with Crippen molar-refractivity contribution in [3.05, 3.63) is 52.3 Å². The summed E-state index contributed by atoms with van der Waals surface area (Å²) >= 11 is 0. The first-order valence-electron chi connectivity index (χ1n) is 7.82. The number of nitrogens with zero attached hydrogens (tertiary/aromatic N) is 3. The summed E-state index contributed by atoms with van der Waals surface area (Å²) < 4.78 is 20.1. The van der Waals surface area contributed by atoms with Crippen LogP contribution in [0.2, 0.25) is 0 Å². The number of hydrogen-bond donors (Lipinski definition) is 3. The zero-order chi connectivity index (χ0) is 18.8. The molecule has 0 aliphatic carbocycles. The van der Waals surface area contributed by atoms with Gasteiger partial charge in [0.2, 0.25) is 0 Å². The van der Waals surface area contributed by atoms with Crippen LogP contribution in [-0.2, 0) is 4.74 Å². The molecule has 2 aromatic heterocycles. The van der Waals surface area contributed by atoms with Gasteiger partial charge in [-0.3, -0.25) is 14.3 Å². The van der Waals surface area contributed by atoms with Crippen molar-refractivity contribution in [3.63, 3.8) is 0 Å². The highest BCUT2D eigenvalue weighted by molar-refractivity contribution is 6.02. The number of carbonyl (C=O) groups excluding carboxylic acids is 1. The zero-order valence-electron chi connectivity index (χ0n) is 13.7. The summed E-state index contributed by atoms with van der Waals surface area (Å²) in [6.07, 6.45) is -3.27. The van der Waals surface area contributed by atoms with Gasteiger partial charge in [0.15, 0.2) is 12.4 Å². The minimum Gasteiger partial charge on any atom is -0.394 e. The van der Waals surface area contributed by atoms with Crippen LogP contribution in [0.4, 0.5) is 10.2 Å². The van der Waals surface area contributed by atoms with Gasteiger partial charge in [-0.2, -0.15) is 4.98 Å². The molecule has 0 spiro atoms. The number of aromatic nitrogens is 3. The standard InChI is InChI=1S/C16H17FN4O5/c1-8-2-3-9(18-6-8)14(24)19-11-4-5-21(16(25)20-11)15-12(17)13(23)10(7-22)26-15/h2-6,10,12-13,15,22-23H,7H2,1H3,(H,19,20,24,25)/t10-,12-,13-,15+/m1/s1. The van der Waals surface area contributed by atoms with Crippen molar-refractivity contribution >= 4 is 11.7 Å². The summed E-state index contributed by atoms with van der Waals surface area (Å²) in [6.45, 7) is 1.25. The lowest BCUT2D eigenvalue weighted by atomic mass is 10.1. The summed E-state index contributed by atoms with van der Waals surface area (Å²) in [5.74, 6) is -0.586. The third kappa shape index (κ3) is 3.47. The Bertz CT molecular complexity index is 856. The molecular weight excluding hydrogens is 347 g/mol. The van der Waals surface area contributed by atoms with Crippen LogP contribution in [0.25, 0.3) is 0 Å². The number of ether oxygens (including phenoxy) is 1. The van der Waals surface area contributed by atoms with Crippen LogP contribution in [0.1, 0.15) is 22.3 Å². The molecule has 0 saturated carbocycles. The summed E-state index contributed by atoms with van der Waals surface area (Å²) in [5.41, 5.74) is 0.166. The fourth-order valence-electron chi connectivity index (χ4n) is 2.54. The summed E-state index contributed by atoms with van der Waals surface area (Å²) in [6, 6.07) is 4.54. The average molecular weight is 364 g/mol. The average Bonchev–Trinajstić information content (AvgIpc) is 2.90. The number of aliphatic hydroxyl groups is 2. The number of anilines is 1. The number of rotatable bonds is 4. The van der Waals surface area contributed by atoms with Crippen LogP contribution in [0.5, 0.6) is 0 Å². The molecule has 1 fully saturated rings. The molecule has 0 bridgehead atoms. The molecule has 1 saturated heterocycles. The minimum atomic E-state index is -1.90. The first kappa shape index (κ1) is 18.1. The van der Waals surface area contributed by atoms with Crippen molar-refractivity contribution in [1.29, 1.82) is 0 Å². The third-order valence-electron chi connectivity index (χ3n) is 3.96. The number of amides is 1. The molecule has 1 aliphatic heterocycles. The Kier molecular flexibility index (Phi) is 5.07. The van der Waals surface area contributed by atoms with E-state index in [0.717, 1.165) is 10.1 Å². The van der Waals surface area contributed by atoms with Gasteiger partial charge in [-0.05, 0) is 24.6 Å². The molecule has 3 N–H and O–H groups in total. The van der Waals surface area contributed by atoms with Gasteiger partial charge in [0.25, 0.3) is 5.91 Å². The van der Waals surface area contributed by atoms with E-state index in [2.05, 4.69) is 15.3 Å². The van der Waals surface area contributed by atoms with E-state index in [0.29, 0.717) is 0 Å². The van der Waals surface area contributed by atoms with Crippen LogP contribution in [0, 0.1) is 6.92 Å². The lowest BCUT2D eigenvalue weighted by Crippen LogP contribution is -2.33. The maximum atomic E-state index is 14.1. The van der Waals surface area contributed by atoms with Gasteiger partial charge in [0.1, 0.15) is 23.7 Å². The number of carbonyl (C=O) groups is 1. The monoisotopic (exact) mass is 364 g/mol. The maximum Gasteiger partial charge on any atom is 0.351 e. The Hall–Kier alpha value is -2.69. The second-order valence-electron chi connectivity index (χ2n) is 5.86. The van der Waals surface area contributed by atoms with Crippen LogP contribution in [0.15, 0.2) is 35.4 Å². The van der Waals surface area contributed by atoms with Crippen molar-refractivity contribution in [2.75, 3.05) is 11.9 Å². The van der Waals surface area contributed by atoms with E-state index >= 15 is 0 Å². The lowest BCUT2D eigenvalue weighted by Gasteiger charge is -2.16. The molecule has 138 valence electrons. The van der Waals surface area contributed by atoms with Crippen molar-refractivity contribution in [3.8, 4) is 0 Å². The molecule has 3 rings (SSSR count). The number of alkyl halides is 1. The van der Waals surface area contributed by atoms with Crippen molar-refractivity contribution in [2.45, 2.75) is 31.5 Å². The van der Waals surface area contributed by atoms with Gasteiger partial charge in [0.05, 0.1) is 6.61 Å². The zero-order valence-corrected chi connectivity index (χ0v) is 13.7. The second-order valence-corrected chi connectivity index (χ2v) is 5.86. The molecular formula is C16H17FN4O5. The molecule has 1 aliphatic rings. The molecule has 0 aromatic carbocycles. The van der Waals surface area contributed by atoms with E-state index in [4.69, 9.17) is 9.84 Å². The Morgan fingerprint density at radius 2 is 2.19 bits per heavy atom. The van der Waals surface area contributed by atoms with Gasteiger partial charge in [-0.15, -0.1) is 0 Å². The quantitative estimate of drug-likeness (QED) is 0.685. The highest BCUT2D eigenvalue weighted by Gasteiger charge is 2.45. The highest BCUT2D eigenvalue weighted by atomic mass is 19.1. The molecule has 3 heterocycles. The minimum absolute atomic E-state index is 0.0358. The Balaban J connectivity index is 1.77. The molecule has 9 nitrogen and oxygen atoms in total. The van der Waals surface area contributed by atoms with Gasteiger partial charge in [-0.25, -0.2) is 9.18 Å². The molecule has 4 atom stereocenters. The van der Waals surface area contributed by atoms with Crippen molar-refractivity contribution in [1.82, 2.24) is 14.5 Å². The highest BCUT2D eigenvalue weighted by Crippen LogP contribution is 2.30. The summed E-state index contributed by atoms with van der Waals surface area (Å²) in [7, 11) is 0. The first-order valence-corrected chi connectivity index (χ1v) is 7.82. The van der Waals surface area contributed by atoms with E-state index in [1.807, 2.05) is 6.92 Å². The van der Waals surface area contributed by atoms with Gasteiger partial charge in [0, 0.05) is 12.4 Å². The molecule has 0 unspecified atom stereocenters. The third-order valence-corrected chi connectivity index (χ3v) is 3.96. The number of halogens is 1. The van der Waals surface area contributed by atoms with Crippen LogP contribution in [0.3, 0.4) is 0 Å². The number of nitrogens with one attached hydrogen (secondary N) is 1. The van der Waals surface area contributed by atoms with E-state index < -0.39 is 42.8 Å². The van der Waals surface area contributed by atoms with E-state index in [1.54, 1.807) is 6.07 Å². The van der Waals surface area contributed by atoms with Crippen molar-refractivity contribution in [2.24, 2.45) is 0 Å². The first-order chi connectivity index (χ1) is 12.4. The van der Waals surface area contributed by atoms with E-state index in [1.165, 1.54) is 24.5 Å². The summed E-state index contributed by atoms with van der Waals surface area (Å²) in [4.78, 5) is 31.9. The van der Waals surface area contributed by atoms with Gasteiger partial charge < -0.3 is 20.3 Å². The number of hydrogen-bond acceptors (Lipinski definition) is 7. The van der Waals surface area contributed by atoms with Gasteiger partial charge in [-0.1, -0.05) is 6.07 Å². The fourth-order valence-corrected chi connectivity index (χ4v) is 2.54. The Morgan fingerprint density at radius 1 is 1.42 bits per heavy atom. The predicted octanol–water partition coefficient (Wildman–Crippen LogP) is -0.212. The summed E-state index contributed by atoms with van der Waals surface area (Å²) in [5, 5.41) is 21.1. The number of aliphatic hydroxyl groups excluding tert-OH is 2. The molecule has 2 aromatic rings. The predicted molar refractivity (Wildman–Crippen MR) is 87.3 cm³/mol. The molecule has 26 heavy (non-hydrogen) atoms. The topological polar surface area (TPSA) is 127 Å². The normalized spacial score (nSPS) is 25.2. The Labute approximate surface area is 147 Å². The fraction of sp³-hybridized carbons (Fsp3) is 0.375. The van der Waals surface area contributed by atoms with Crippen molar-refractivity contribution < 1.29 is 24.1 Å². The lowest BCUT2D eigenvalue weighted by molar-refractivity contribution is -0.0490. The number of pyridine rings is 1. The largest absolute Gasteiger partial charge is 0.394 e. The van der Waals surface area contributed by atoms with E-state index in [9.17, 15) is 19.1 Å². The smallest absolute Gasteiger partial charge is 0.351 e. The second kappa shape index (κ2) is 7.28. The van der Waals surface area contributed by atoms with Crippen LogP contribution >= 0.6 is 0 Å². The molecule has 10 heteroatoms. The SMILES string of the molecule is Cc1ccc(C(=O)Nc2ccn([C@H]3O[C@H](CO)[C@@H](O)[C@H]3F)c(=O)n2)nc1. The molecule has 0 radical (unpaired) electrons. The molecule has 1 amide bonds. The number of aryl methyl sites for hydroxylation is 1. The van der Waals surface area contributed by atoms with Crippen LogP contribution < -0.4 is 11.0 Å².